The molecule has 4 aromatic rings. The van der Waals surface area contributed by atoms with Gasteiger partial charge in [0.1, 0.15) is 10.8 Å². The molecule has 0 unspecified atom stereocenters. The van der Waals surface area contributed by atoms with Crippen LogP contribution in [0.1, 0.15) is 26.7 Å². The summed E-state index contributed by atoms with van der Waals surface area (Å²) in [5, 5.41) is 4.17. The van der Waals surface area contributed by atoms with Gasteiger partial charge in [-0.1, -0.05) is 36.9 Å². The topological polar surface area (TPSA) is 78.7 Å². The number of aromatic nitrogens is 4. The molecule has 1 aliphatic heterocycles. The number of rotatable bonds is 8. The first-order valence-electron chi connectivity index (χ1n) is 11.9. The average molecular weight is 514 g/mol. The van der Waals surface area contributed by atoms with E-state index in [-0.39, 0.29) is 11.7 Å². The second-order valence-corrected chi connectivity index (χ2v) is 10.6. The van der Waals surface area contributed by atoms with Crippen LogP contribution in [0.2, 0.25) is 0 Å². The lowest BCUT2D eigenvalue weighted by atomic mass is 10.0. The van der Waals surface area contributed by atoms with Crippen LogP contribution in [0.4, 0.5) is 9.52 Å². The molecule has 0 atom stereocenters. The van der Waals surface area contributed by atoms with Crippen LogP contribution in [-0.4, -0.2) is 73.8 Å². The maximum Gasteiger partial charge on any atom is 0.240 e. The van der Waals surface area contributed by atoms with Crippen molar-refractivity contribution >= 4 is 50.1 Å². The van der Waals surface area contributed by atoms with Gasteiger partial charge in [0.15, 0.2) is 5.13 Å². The molecule has 1 N–H and O–H groups in total. The van der Waals surface area contributed by atoms with Gasteiger partial charge in [0.05, 0.1) is 27.9 Å². The molecule has 0 saturated carbocycles. The smallest absolute Gasteiger partial charge is 0.240 e. The normalized spacial score (nSPS) is 15.4. The van der Waals surface area contributed by atoms with Crippen molar-refractivity contribution in [2.75, 3.05) is 38.0 Å². The number of hydrogen-bond donors (Lipinski definition) is 1. The van der Waals surface area contributed by atoms with E-state index in [2.05, 4.69) is 43.9 Å². The predicted octanol–water partition coefficient (Wildman–Crippen LogP) is 4.37. The van der Waals surface area contributed by atoms with E-state index in [1.807, 2.05) is 16.7 Å². The summed E-state index contributed by atoms with van der Waals surface area (Å²) in [6.07, 6.45) is 7.36. The van der Waals surface area contributed by atoms with E-state index < -0.39 is 0 Å². The number of anilines is 1. The number of amides is 1. The third kappa shape index (κ3) is 5.32. The SMILES string of the molecule is CCN(CC)C1CCN(CC(=O)Nc2nc3cc(F)c(Sc4cnc5ncccn45)cc3s2)CC1. The van der Waals surface area contributed by atoms with Gasteiger partial charge in [-0.3, -0.25) is 14.1 Å². The Morgan fingerprint density at radius 3 is 2.83 bits per heavy atom. The number of halogens is 1. The highest BCUT2D eigenvalue weighted by Crippen LogP contribution is 2.35. The van der Waals surface area contributed by atoms with Gasteiger partial charge in [0.25, 0.3) is 0 Å². The molecule has 1 fully saturated rings. The van der Waals surface area contributed by atoms with Crippen molar-refractivity contribution in [1.82, 2.24) is 29.2 Å². The maximum absolute atomic E-state index is 14.8. The zero-order valence-electron chi connectivity index (χ0n) is 19.8. The van der Waals surface area contributed by atoms with E-state index in [1.165, 1.54) is 29.2 Å². The highest BCUT2D eigenvalue weighted by atomic mass is 32.2. The van der Waals surface area contributed by atoms with Crippen molar-refractivity contribution in [1.29, 1.82) is 0 Å². The van der Waals surface area contributed by atoms with Crippen LogP contribution >= 0.6 is 23.1 Å². The molecule has 1 saturated heterocycles. The van der Waals surface area contributed by atoms with E-state index in [0.717, 1.165) is 48.7 Å². The molecule has 5 rings (SSSR count). The van der Waals surface area contributed by atoms with Gasteiger partial charge in [-0.15, -0.1) is 0 Å². The number of imidazole rings is 1. The number of piperidine rings is 1. The quantitative estimate of drug-likeness (QED) is 0.375. The minimum absolute atomic E-state index is 0.0846. The lowest BCUT2D eigenvalue weighted by Crippen LogP contribution is -2.46. The van der Waals surface area contributed by atoms with E-state index in [1.54, 1.807) is 18.5 Å². The predicted molar refractivity (Wildman–Crippen MR) is 138 cm³/mol. The van der Waals surface area contributed by atoms with Crippen molar-refractivity contribution in [3.63, 3.8) is 0 Å². The number of carbonyl (C=O) groups is 1. The van der Waals surface area contributed by atoms with Crippen LogP contribution in [0.25, 0.3) is 16.0 Å². The van der Waals surface area contributed by atoms with Gasteiger partial charge in [0, 0.05) is 37.6 Å². The molecule has 0 aliphatic carbocycles. The molecule has 8 nitrogen and oxygen atoms in total. The zero-order valence-corrected chi connectivity index (χ0v) is 21.4. The monoisotopic (exact) mass is 513 g/mol. The van der Waals surface area contributed by atoms with Gasteiger partial charge >= 0.3 is 0 Å². The summed E-state index contributed by atoms with van der Waals surface area (Å²) < 4.78 is 17.5. The van der Waals surface area contributed by atoms with Crippen molar-refractivity contribution in [2.24, 2.45) is 0 Å². The van der Waals surface area contributed by atoms with Crippen LogP contribution in [0, 0.1) is 5.82 Å². The van der Waals surface area contributed by atoms with E-state index in [4.69, 9.17) is 0 Å². The van der Waals surface area contributed by atoms with Gasteiger partial charge in [-0.2, -0.15) is 0 Å². The maximum atomic E-state index is 14.8. The van der Waals surface area contributed by atoms with E-state index >= 15 is 0 Å². The molecule has 184 valence electrons. The molecule has 1 aromatic carbocycles. The number of benzene rings is 1. The minimum Gasteiger partial charge on any atom is -0.301 e. The lowest BCUT2D eigenvalue weighted by Gasteiger charge is -2.37. The van der Waals surface area contributed by atoms with Crippen LogP contribution in [-0.2, 0) is 4.79 Å². The fourth-order valence-electron chi connectivity index (χ4n) is 4.60. The van der Waals surface area contributed by atoms with E-state index in [0.29, 0.717) is 33.9 Å². The first kappa shape index (κ1) is 24.1. The highest BCUT2D eigenvalue weighted by molar-refractivity contribution is 7.99. The molecular weight excluding hydrogens is 485 g/mol. The Morgan fingerprint density at radius 2 is 2.06 bits per heavy atom. The molecule has 0 spiro atoms. The number of nitrogens with one attached hydrogen (secondary N) is 1. The highest BCUT2D eigenvalue weighted by Gasteiger charge is 2.24. The Hall–Kier alpha value is -2.60. The van der Waals surface area contributed by atoms with Crippen molar-refractivity contribution in [3.8, 4) is 0 Å². The Bertz CT molecular complexity index is 1330. The summed E-state index contributed by atoms with van der Waals surface area (Å²) in [4.78, 5) is 30.7. The number of likely N-dealkylation sites (tertiary alicyclic amines) is 1. The molecule has 4 heterocycles. The van der Waals surface area contributed by atoms with Gasteiger partial charge < -0.3 is 10.2 Å². The second kappa shape index (κ2) is 10.6. The minimum atomic E-state index is -0.361. The summed E-state index contributed by atoms with van der Waals surface area (Å²) in [6, 6.07) is 5.61. The third-order valence-corrected chi connectivity index (χ3v) is 8.39. The average Bonchev–Trinajstić information content (AvgIpc) is 3.44. The van der Waals surface area contributed by atoms with Crippen molar-refractivity contribution < 1.29 is 9.18 Å². The Labute approximate surface area is 211 Å². The third-order valence-electron chi connectivity index (χ3n) is 6.41. The number of nitrogens with zero attached hydrogens (tertiary/aromatic N) is 6. The van der Waals surface area contributed by atoms with Crippen LogP contribution in [0.3, 0.4) is 0 Å². The molecule has 1 aliphatic rings. The summed E-state index contributed by atoms with van der Waals surface area (Å²) in [7, 11) is 0. The summed E-state index contributed by atoms with van der Waals surface area (Å²) in [5.74, 6) is 0.121. The van der Waals surface area contributed by atoms with Crippen LogP contribution < -0.4 is 5.32 Å². The number of fused-ring (bicyclic) bond motifs is 2. The number of carbonyl (C=O) groups excluding carboxylic acids is 1. The Balaban J connectivity index is 1.22. The molecule has 0 radical (unpaired) electrons. The number of thiazole rings is 1. The van der Waals surface area contributed by atoms with Crippen LogP contribution in [0.5, 0.6) is 0 Å². The summed E-state index contributed by atoms with van der Waals surface area (Å²) in [6.45, 7) is 8.71. The molecule has 35 heavy (non-hydrogen) atoms. The standard InChI is InChI=1S/C24H28FN7OS2/c1-3-31(4-2)16-6-10-30(11-7-16)15-21(33)29-24-28-18-12-17(25)19(13-20(18)35-24)34-22-14-27-23-26-8-5-9-32(22)23/h5,8-9,12-14,16H,3-4,6-7,10-11,15H2,1-2H3,(H,28,29,33). The first-order chi connectivity index (χ1) is 17.0. The Kier molecular flexibility index (Phi) is 7.28. The number of hydrogen-bond acceptors (Lipinski definition) is 8. The van der Waals surface area contributed by atoms with Crippen LogP contribution in [0.15, 0.2) is 46.7 Å². The van der Waals surface area contributed by atoms with Crippen molar-refractivity contribution in [2.45, 2.75) is 42.7 Å². The summed E-state index contributed by atoms with van der Waals surface area (Å²) >= 11 is 2.64. The molecule has 0 bridgehead atoms. The van der Waals surface area contributed by atoms with Gasteiger partial charge in [-0.05, 0) is 38.1 Å². The molecule has 11 heteroatoms. The first-order valence-corrected chi connectivity index (χ1v) is 13.5. The fourth-order valence-corrected chi connectivity index (χ4v) is 6.48. The van der Waals surface area contributed by atoms with Gasteiger partial charge in [0.2, 0.25) is 11.7 Å². The second-order valence-electron chi connectivity index (χ2n) is 8.53. The van der Waals surface area contributed by atoms with Gasteiger partial charge in [-0.25, -0.2) is 19.3 Å². The Morgan fingerprint density at radius 1 is 1.26 bits per heavy atom. The largest absolute Gasteiger partial charge is 0.301 e. The molecular formula is C24H28FN7OS2. The van der Waals surface area contributed by atoms with E-state index in [9.17, 15) is 9.18 Å². The molecule has 1 amide bonds. The fraction of sp³-hybridized carbons (Fsp3) is 0.417. The molecule has 3 aromatic heterocycles. The zero-order chi connectivity index (χ0) is 24.4. The summed E-state index contributed by atoms with van der Waals surface area (Å²) in [5.41, 5.74) is 0.534. The lowest BCUT2D eigenvalue weighted by molar-refractivity contribution is -0.117. The van der Waals surface area contributed by atoms with Crippen molar-refractivity contribution in [3.05, 3.63) is 42.6 Å².